The fourth-order valence-corrected chi connectivity index (χ4v) is 3.23. The molecule has 30 heavy (non-hydrogen) atoms. The third-order valence-electron chi connectivity index (χ3n) is 4.66. The number of aromatic nitrogens is 2. The molecule has 1 aliphatic heterocycles. The summed E-state index contributed by atoms with van der Waals surface area (Å²) in [6.07, 6.45) is 1.98. The first-order valence-corrected chi connectivity index (χ1v) is 9.57. The van der Waals surface area contributed by atoms with Crippen LogP contribution in [0.25, 0.3) is 17.3 Å². The highest BCUT2D eigenvalue weighted by Gasteiger charge is 2.10. The van der Waals surface area contributed by atoms with Crippen molar-refractivity contribution in [1.29, 1.82) is 0 Å². The summed E-state index contributed by atoms with van der Waals surface area (Å²) < 4.78 is 11.1. The maximum absolute atomic E-state index is 5.88. The lowest BCUT2D eigenvalue weighted by Crippen LogP contribution is -2.42. The quantitative estimate of drug-likeness (QED) is 0.558. The van der Waals surface area contributed by atoms with E-state index in [1.807, 2.05) is 59.7 Å². The molecule has 0 bridgehead atoms. The van der Waals surface area contributed by atoms with Crippen LogP contribution in [-0.2, 0) is 6.54 Å². The zero-order valence-corrected chi connectivity index (χ0v) is 16.3. The molecule has 1 aromatic heterocycles. The number of nitrogens with one attached hydrogen (secondary N) is 1. The van der Waals surface area contributed by atoms with Crippen molar-refractivity contribution in [1.82, 2.24) is 20.7 Å². The second-order valence-corrected chi connectivity index (χ2v) is 6.92. The van der Waals surface area contributed by atoms with Crippen molar-refractivity contribution in [3.05, 3.63) is 95.1 Å². The minimum atomic E-state index is 0.430. The zero-order chi connectivity index (χ0) is 20.3. The number of benzene rings is 3. The minimum absolute atomic E-state index is 0.430. The summed E-state index contributed by atoms with van der Waals surface area (Å²) in [5.74, 6) is 2.76. The lowest BCUT2D eigenvalue weighted by Gasteiger charge is -2.19. The van der Waals surface area contributed by atoms with E-state index < -0.39 is 0 Å². The first-order chi connectivity index (χ1) is 14.7. The van der Waals surface area contributed by atoms with E-state index in [0.29, 0.717) is 18.3 Å². The molecule has 5 rings (SSSR count). The average Bonchev–Trinajstić information content (AvgIpc) is 3.19. The van der Waals surface area contributed by atoms with E-state index in [1.54, 1.807) is 6.92 Å². The van der Waals surface area contributed by atoms with Gasteiger partial charge in [-0.1, -0.05) is 41.6 Å². The van der Waals surface area contributed by atoms with Crippen molar-refractivity contribution in [2.45, 2.75) is 13.5 Å². The van der Waals surface area contributed by atoms with Crippen molar-refractivity contribution < 1.29 is 9.26 Å². The van der Waals surface area contributed by atoms with Crippen molar-refractivity contribution in [3.8, 4) is 22.6 Å². The molecule has 0 saturated carbocycles. The van der Waals surface area contributed by atoms with Crippen LogP contribution in [0.5, 0.6) is 11.5 Å². The minimum Gasteiger partial charge on any atom is -0.457 e. The Bertz CT molecular complexity index is 1280. The Balaban J connectivity index is 1.37. The van der Waals surface area contributed by atoms with E-state index in [2.05, 4.69) is 45.0 Å². The second kappa shape index (κ2) is 7.71. The van der Waals surface area contributed by atoms with Crippen molar-refractivity contribution in [2.75, 3.05) is 0 Å². The molecule has 0 fully saturated rings. The third kappa shape index (κ3) is 3.86. The molecule has 0 atom stereocenters. The molecule has 0 unspecified atom stereocenters. The second-order valence-electron chi connectivity index (χ2n) is 6.92. The van der Waals surface area contributed by atoms with Gasteiger partial charge in [0.25, 0.3) is 0 Å². The Morgan fingerprint density at radius 1 is 0.933 bits per heavy atom. The Kier molecular flexibility index (Phi) is 4.61. The highest BCUT2D eigenvalue weighted by molar-refractivity contribution is 5.64. The first-order valence-electron chi connectivity index (χ1n) is 9.57. The SMILES string of the molecule is Cc1noc(CN2C=c3cc(-c4ccc(Oc5ccccc5)cc4)ccc3=NN2)n1. The number of aryl methyl sites for hydroxylation is 1. The van der Waals surface area contributed by atoms with E-state index >= 15 is 0 Å². The summed E-state index contributed by atoms with van der Waals surface area (Å²) in [6.45, 7) is 2.22. The Morgan fingerprint density at radius 2 is 1.70 bits per heavy atom. The van der Waals surface area contributed by atoms with Crippen LogP contribution in [0.2, 0.25) is 0 Å². The van der Waals surface area contributed by atoms with Crippen LogP contribution < -0.4 is 20.8 Å². The molecule has 0 radical (unpaired) electrons. The summed E-state index contributed by atoms with van der Waals surface area (Å²) in [5.41, 5.74) is 5.18. The van der Waals surface area contributed by atoms with E-state index in [9.17, 15) is 0 Å². The largest absolute Gasteiger partial charge is 0.457 e. The van der Waals surface area contributed by atoms with Gasteiger partial charge in [-0.3, -0.25) is 5.01 Å². The summed E-state index contributed by atoms with van der Waals surface area (Å²) >= 11 is 0. The Hall–Kier alpha value is -4.13. The average molecular weight is 397 g/mol. The third-order valence-corrected chi connectivity index (χ3v) is 4.66. The van der Waals surface area contributed by atoms with E-state index in [-0.39, 0.29) is 0 Å². The molecular formula is C23H19N5O2. The molecule has 4 aromatic rings. The van der Waals surface area contributed by atoms with Gasteiger partial charge in [-0.05, 0) is 54.4 Å². The smallest absolute Gasteiger partial charge is 0.248 e. The van der Waals surface area contributed by atoms with E-state index in [1.165, 1.54) is 0 Å². The van der Waals surface area contributed by atoms with Crippen molar-refractivity contribution >= 4 is 6.20 Å². The standard InChI is InChI=1S/C23H19N5O2/c1-16-24-23(30-26-16)15-28-14-19-13-18(9-12-22(19)25-27-28)17-7-10-21(11-8-17)29-20-5-3-2-4-6-20/h2-14,27H,15H2,1H3. The Morgan fingerprint density at radius 3 is 2.47 bits per heavy atom. The normalized spacial score (nSPS) is 12.4. The van der Waals surface area contributed by atoms with Gasteiger partial charge in [0.2, 0.25) is 5.89 Å². The number of rotatable bonds is 5. The molecule has 0 spiro atoms. The molecule has 1 aliphatic rings. The summed E-state index contributed by atoms with van der Waals surface area (Å²) in [4.78, 5) is 4.23. The molecule has 3 aromatic carbocycles. The predicted molar refractivity (Wildman–Crippen MR) is 111 cm³/mol. The van der Waals surface area contributed by atoms with Crippen LogP contribution in [0.3, 0.4) is 0 Å². The number of hydrogen-bond acceptors (Lipinski definition) is 7. The van der Waals surface area contributed by atoms with Crippen LogP contribution in [0, 0.1) is 6.92 Å². The van der Waals surface area contributed by atoms with Crippen LogP contribution in [0.1, 0.15) is 11.7 Å². The number of ether oxygens (including phenoxy) is 1. The summed E-state index contributed by atoms with van der Waals surface area (Å²) in [7, 11) is 0. The van der Waals surface area contributed by atoms with Crippen molar-refractivity contribution in [2.24, 2.45) is 5.10 Å². The number of nitrogens with zero attached hydrogens (tertiary/aromatic N) is 4. The fourth-order valence-electron chi connectivity index (χ4n) is 3.23. The van der Waals surface area contributed by atoms with Gasteiger partial charge in [0, 0.05) is 11.4 Å². The van der Waals surface area contributed by atoms with Gasteiger partial charge in [0.1, 0.15) is 18.0 Å². The van der Waals surface area contributed by atoms with Crippen LogP contribution >= 0.6 is 0 Å². The molecule has 7 heteroatoms. The molecule has 0 saturated heterocycles. The molecule has 1 N–H and O–H groups in total. The van der Waals surface area contributed by atoms with Crippen LogP contribution in [-0.4, -0.2) is 15.1 Å². The lowest BCUT2D eigenvalue weighted by atomic mass is 10.0. The van der Waals surface area contributed by atoms with Gasteiger partial charge in [-0.15, -0.1) is 0 Å². The highest BCUT2D eigenvalue weighted by atomic mass is 16.5. The first kappa shape index (κ1) is 17.9. The summed E-state index contributed by atoms with van der Waals surface area (Å²) in [5, 5.41) is 11.9. The van der Waals surface area contributed by atoms with Gasteiger partial charge in [-0.2, -0.15) is 10.1 Å². The molecule has 7 nitrogen and oxygen atoms in total. The van der Waals surface area contributed by atoms with Gasteiger partial charge in [0.05, 0.1) is 5.36 Å². The molecule has 148 valence electrons. The fraction of sp³-hybridized carbons (Fsp3) is 0.0870. The number of para-hydroxylation sites is 1. The maximum atomic E-state index is 5.88. The molecule has 2 heterocycles. The topological polar surface area (TPSA) is 75.8 Å². The van der Waals surface area contributed by atoms with E-state index in [0.717, 1.165) is 33.2 Å². The van der Waals surface area contributed by atoms with Crippen LogP contribution in [0.15, 0.2) is 82.4 Å². The number of fused-ring (bicyclic) bond motifs is 1. The predicted octanol–water partition coefficient (Wildman–Crippen LogP) is 3.13. The van der Waals surface area contributed by atoms with Gasteiger partial charge < -0.3 is 9.26 Å². The van der Waals surface area contributed by atoms with Crippen molar-refractivity contribution in [3.63, 3.8) is 0 Å². The Labute approximate surface area is 172 Å². The number of hydrazine groups is 1. The summed E-state index contributed by atoms with van der Waals surface area (Å²) in [6, 6.07) is 24.0. The van der Waals surface area contributed by atoms with Crippen LogP contribution in [0.4, 0.5) is 0 Å². The molecular weight excluding hydrogens is 378 g/mol. The number of hydrogen-bond donors (Lipinski definition) is 1. The maximum Gasteiger partial charge on any atom is 0.248 e. The van der Waals surface area contributed by atoms with Gasteiger partial charge in [-0.25, -0.2) is 5.53 Å². The lowest BCUT2D eigenvalue weighted by molar-refractivity contribution is 0.243. The van der Waals surface area contributed by atoms with E-state index in [4.69, 9.17) is 9.26 Å². The molecule has 0 amide bonds. The molecule has 0 aliphatic carbocycles. The highest BCUT2D eigenvalue weighted by Crippen LogP contribution is 2.25. The monoisotopic (exact) mass is 397 g/mol. The van der Waals surface area contributed by atoms with Gasteiger partial charge >= 0.3 is 0 Å². The zero-order valence-electron chi connectivity index (χ0n) is 16.3. The van der Waals surface area contributed by atoms with Gasteiger partial charge in [0.15, 0.2) is 5.82 Å².